The molecule has 1 amide bonds. The van der Waals surface area contributed by atoms with Crippen LogP contribution in [-0.4, -0.2) is 38.2 Å². The number of nitrogens with one attached hydrogen (secondary N) is 1. The minimum Gasteiger partial charge on any atom is -0.493 e. The summed E-state index contributed by atoms with van der Waals surface area (Å²) in [6.45, 7) is 8.68. The van der Waals surface area contributed by atoms with E-state index in [9.17, 15) is 9.59 Å². The third-order valence-electron chi connectivity index (χ3n) is 3.17. The number of ether oxygens (including phenoxy) is 3. The average molecular weight is 337 g/mol. The highest BCUT2D eigenvalue weighted by atomic mass is 16.5. The molecule has 0 saturated heterocycles. The van der Waals surface area contributed by atoms with Crippen LogP contribution in [0, 0.1) is 5.92 Å². The van der Waals surface area contributed by atoms with Crippen molar-refractivity contribution >= 4 is 11.9 Å². The zero-order chi connectivity index (χ0) is 18.1. The summed E-state index contributed by atoms with van der Waals surface area (Å²) in [5, 5.41) is 2.69. The molecule has 1 aromatic rings. The zero-order valence-corrected chi connectivity index (χ0v) is 15.0. The summed E-state index contributed by atoms with van der Waals surface area (Å²) in [5.74, 6) is 0.503. The van der Waals surface area contributed by atoms with E-state index in [1.807, 2.05) is 20.8 Å². The fourth-order valence-corrected chi connectivity index (χ4v) is 1.84. The Kier molecular flexibility index (Phi) is 8.09. The molecule has 6 heteroatoms. The minimum atomic E-state index is -0.855. The van der Waals surface area contributed by atoms with Crippen LogP contribution < -0.4 is 14.8 Å². The minimum absolute atomic E-state index is 0.305. The van der Waals surface area contributed by atoms with E-state index in [1.54, 1.807) is 25.1 Å². The van der Waals surface area contributed by atoms with Gasteiger partial charge in [-0.1, -0.05) is 20.8 Å². The summed E-state index contributed by atoms with van der Waals surface area (Å²) in [4.78, 5) is 23.9. The van der Waals surface area contributed by atoms with Crippen molar-refractivity contribution in [2.45, 2.75) is 40.2 Å². The molecule has 0 aromatic heterocycles. The second-order valence-electron chi connectivity index (χ2n) is 5.91. The van der Waals surface area contributed by atoms with Gasteiger partial charge in [0.05, 0.1) is 19.3 Å². The molecule has 0 radical (unpaired) electrons. The topological polar surface area (TPSA) is 73.9 Å². The largest absolute Gasteiger partial charge is 0.493 e. The van der Waals surface area contributed by atoms with Crippen molar-refractivity contribution in [3.63, 3.8) is 0 Å². The first kappa shape index (κ1) is 19.8. The lowest BCUT2D eigenvalue weighted by Gasteiger charge is -2.15. The van der Waals surface area contributed by atoms with Gasteiger partial charge in [0.1, 0.15) is 0 Å². The fraction of sp³-hybridized carbons (Fsp3) is 0.556. The number of carbonyl (C=O) groups excluding carboxylic acids is 2. The van der Waals surface area contributed by atoms with Gasteiger partial charge in [-0.25, -0.2) is 4.79 Å². The molecule has 0 bridgehead atoms. The van der Waals surface area contributed by atoms with Gasteiger partial charge in [-0.3, -0.25) is 4.79 Å². The molecular formula is C18H27NO5. The molecule has 0 aliphatic heterocycles. The third-order valence-corrected chi connectivity index (χ3v) is 3.17. The molecule has 0 saturated carbocycles. The summed E-state index contributed by atoms with van der Waals surface area (Å²) in [5.41, 5.74) is 0.305. The molecule has 1 N–H and O–H groups in total. The number of benzene rings is 1. The van der Waals surface area contributed by atoms with Crippen LogP contribution >= 0.6 is 0 Å². The first-order valence-electron chi connectivity index (χ1n) is 8.18. The molecule has 0 heterocycles. The monoisotopic (exact) mass is 337 g/mol. The van der Waals surface area contributed by atoms with Crippen LogP contribution in [-0.2, 0) is 9.53 Å². The zero-order valence-electron chi connectivity index (χ0n) is 15.0. The number of methoxy groups -OCH3 is 1. The van der Waals surface area contributed by atoms with E-state index in [0.717, 1.165) is 6.42 Å². The Hall–Kier alpha value is -2.24. The van der Waals surface area contributed by atoms with Crippen LogP contribution in [0.25, 0.3) is 0 Å². The van der Waals surface area contributed by atoms with Gasteiger partial charge in [0.2, 0.25) is 0 Å². The highest BCUT2D eigenvalue weighted by Crippen LogP contribution is 2.28. The van der Waals surface area contributed by atoms with Crippen LogP contribution in [0.4, 0.5) is 0 Å². The predicted molar refractivity (Wildman–Crippen MR) is 91.5 cm³/mol. The highest BCUT2D eigenvalue weighted by molar-refractivity contribution is 5.92. The van der Waals surface area contributed by atoms with E-state index in [4.69, 9.17) is 14.2 Å². The van der Waals surface area contributed by atoms with Crippen LogP contribution in [0.5, 0.6) is 11.5 Å². The van der Waals surface area contributed by atoms with Gasteiger partial charge in [0.25, 0.3) is 5.91 Å². The van der Waals surface area contributed by atoms with Crippen LogP contribution in [0.3, 0.4) is 0 Å². The Morgan fingerprint density at radius 3 is 2.46 bits per heavy atom. The number of amides is 1. The number of carbonyl (C=O) groups is 2. The maximum absolute atomic E-state index is 12.2. The summed E-state index contributed by atoms with van der Waals surface area (Å²) < 4.78 is 16.1. The summed E-state index contributed by atoms with van der Waals surface area (Å²) >= 11 is 0. The van der Waals surface area contributed by atoms with Crippen molar-refractivity contribution < 1.29 is 23.8 Å². The molecule has 1 aromatic carbocycles. The van der Waals surface area contributed by atoms with Gasteiger partial charge in [0, 0.05) is 6.54 Å². The average Bonchev–Trinajstić information content (AvgIpc) is 2.57. The third kappa shape index (κ3) is 6.10. The molecule has 24 heavy (non-hydrogen) atoms. The highest BCUT2D eigenvalue weighted by Gasteiger charge is 2.19. The number of esters is 1. The second-order valence-corrected chi connectivity index (χ2v) is 5.91. The van der Waals surface area contributed by atoms with E-state index in [-0.39, 0.29) is 5.91 Å². The fourth-order valence-electron chi connectivity index (χ4n) is 1.84. The lowest BCUT2D eigenvalue weighted by atomic mass is 10.2. The molecule has 134 valence electrons. The quantitative estimate of drug-likeness (QED) is 0.701. The summed E-state index contributed by atoms with van der Waals surface area (Å²) in [7, 11) is 1.51. The molecule has 0 aliphatic rings. The van der Waals surface area contributed by atoms with Crippen LogP contribution in [0.2, 0.25) is 0 Å². The first-order chi connectivity index (χ1) is 11.4. The van der Waals surface area contributed by atoms with Crippen molar-refractivity contribution in [2.24, 2.45) is 5.92 Å². The normalized spacial score (nSPS) is 11.8. The van der Waals surface area contributed by atoms with E-state index in [2.05, 4.69) is 5.32 Å². The van der Waals surface area contributed by atoms with Gasteiger partial charge in [-0.15, -0.1) is 0 Å². The molecule has 0 aliphatic carbocycles. The SMILES string of the molecule is CCCNC(=O)[C@H](C)OC(=O)c1ccc(OCC(C)C)c(OC)c1. The van der Waals surface area contributed by atoms with Gasteiger partial charge in [-0.05, 0) is 37.5 Å². The summed E-state index contributed by atoms with van der Waals surface area (Å²) in [6.07, 6.45) is -0.0338. The van der Waals surface area contributed by atoms with E-state index < -0.39 is 12.1 Å². The van der Waals surface area contributed by atoms with Crippen LogP contribution in [0.15, 0.2) is 18.2 Å². The van der Waals surface area contributed by atoms with Crippen molar-refractivity contribution in [1.82, 2.24) is 5.32 Å². The molecule has 1 rings (SSSR count). The number of hydrogen-bond acceptors (Lipinski definition) is 5. The molecule has 0 spiro atoms. The lowest BCUT2D eigenvalue weighted by Crippen LogP contribution is -2.36. The molecule has 0 fully saturated rings. The molecule has 0 unspecified atom stereocenters. The van der Waals surface area contributed by atoms with E-state index >= 15 is 0 Å². The number of rotatable bonds is 9. The Bertz CT molecular complexity index is 556. The van der Waals surface area contributed by atoms with Crippen molar-refractivity contribution in [3.05, 3.63) is 23.8 Å². The van der Waals surface area contributed by atoms with Gasteiger partial charge >= 0.3 is 5.97 Å². The molecule has 1 atom stereocenters. The van der Waals surface area contributed by atoms with Crippen molar-refractivity contribution in [1.29, 1.82) is 0 Å². The molecular weight excluding hydrogens is 310 g/mol. The maximum atomic E-state index is 12.2. The van der Waals surface area contributed by atoms with Crippen molar-refractivity contribution in [2.75, 3.05) is 20.3 Å². The Balaban J connectivity index is 2.75. The molecule has 6 nitrogen and oxygen atoms in total. The second kappa shape index (κ2) is 9.80. The number of hydrogen-bond donors (Lipinski definition) is 1. The van der Waals surface area contributed by atoms with Gasteiger partial charge < -0.3 is 19.5 Å². The smallest absolute Gasteiger partial charge is 0.339 e. The van der Waals surface area contributed by atoms with Crippen molar-refractivity contribution in [3.8, 4) is 11.5 Å². The lowest BCUT2D eigenvalue weighted by molar-refractivity contribution is -0.129. The van der Waals surface area contributed by atoms with Gasteiger partial charge in [-0.2, -0.15) is 0 Å². The Labute approximate surface area is 143 Å². The predicted octanol–water partition coefficient (Wildman–Crippen LogP) is 2.80. The first-order valence-corrected chi connectivity index (χ1v) is 8.18. The standard InChI is InChI=1S/C18H27NO5/c1-6-9-19-17(20)13(4)24-18(21)14-7-8-15(16(10-14)22-5)23-11-12(2)3/h7-8,10,12-13H,6,9,11H2,1-5H3,(H,19,20)/t13-/m0/s1. The maximum Gasteiger partial charge on any atom is 0.339 e. The summed E-state index contributed by atoms with van der Waals surface area (Å²) in [6, 6.07) is 4.81. The Morgan fingerprint density at radius 2 is 1.88 bits per heavy atom. The van der Waals surface area contributed by atoms with E-state index in [0.29, 0.717) is 36.1 Å². The van der Waals surface area contributed by atoms with Crippen LogP contribution in [0.1, 0.15) is 44.5 Å². The van der Waals surface area contributed by atoms with E-state index in [1.165, 1.54) is 7.11 Å². The van der Waals surface area contributed by atoms with Gasteiger partial charge in [0.15, 0.2) is 17.6 Å². The Morgan fingerprint density at radius 1 is 1.17 bits per heavy atom.